The van der Waals surface area contributed by atoms with Gasteiger partial charge in [-0.1, -0.05) is 41.4 Å². The van der Waals surface area contributed by atoms with Crippen molar-refractivity contribution in [3.63, 3.8) is 0 Å². The van der Waals surface area contributed by atoms with Gasteiger partial charge in [0.25, 0.3) is 0 Å². The zero-order valence-electron chi connectivity index (χ0n) is 15.7. The van der Waals surface area contributed by atoms with Gasteiger partial charge in [-0.2, -0.15) is 0 Å². The number of benzene rings is 3. The minimum absolute atomic E-state index is 0. The SMILES string of the molecule is COc1ccc(-c2cc(-c3ccccc3Cl)c3cc(Cl)ccc3n2)cc1OC.[Cl-]. The minimum Gasteiger partial charge on any atom is -1.00 e. The first-order valence-corrected chi connectivity index (χ1v) is 9.44. The zero-order valence-corrected chi connectivity index (χ0v) is 18.0. The predicted octanol–water partition coefficient (Wildman–Crippen LogP) is 3.90. The van der Waals surface area contributed by atoms with Crippen molar-refractivity contribution in [1.29, 1.82) is 0 Å². The lowest BCUT2D eigenvalue weighted by molar-refractivity contribution is -0.00000585. The number of fused-ring (bicyclic) bond motifs is 1. The molecule has 3 nitrogen and oxygen atoms in total. The summed E-state index contributed by atoms with van der Waals surface area (Å²) in [6.45, 7) is 0. The Morgan fingerprint density at radius 2 is 1.52 bits per heavy atom. The molecule has 0 radical (unpaired) electrons. The van der Waals surface area contributed by atoms with Crippen LogP contribution in [-0.4, -0.2) is 19.2 Å². The maximum Gasteiger partial charge on any atom is 0.161 e. The molecule has 0 bridgehead atoms. The standard InChI is InChI=1S/C23H17Cl2NO2.ClH/c1-27-22-10-7-14(11-23(22)28-2)21-13-17(16-5-3-4-6-19(16)25)18-12-15(24)8-9-20(18)26-21;/h3-13H,1-2H3;1H/p-1. The summed E-state index contributed by atoms with van der Waals surface area (Å²) in [5.74, 6) is 1.32. The minimum atomic E-state index is 0. The fraction of sp³-hybridized carbons (Fsp3) is 0.0870. The van der Waals surface area contributed by atoms with E-state index in [0.717, 1.165) is 33.3 Å². The quantitative estimate of drug-likeness (QED) is 0.477. The van der Waals surface area contributed by atoms with Gasteiger partial charge in [0.2, 0.25) is 0 Å². The van der Waals surface area contributed by atoms with E-state index in [1.54, 1.807) is 14.2 Å². The molecule has 1 heterocycles. The average molecular weight is 446 g/mol. The van der Waals surface area contributed by atoms with Crippen molar-refractivity contribution < 1.29 is 21.9 Å². The number of aromatic nitrogens is 1. The Morgan fingerprint density at radius 3 is 2.24 bits per heavy atom. The van der Waals surface area contributed by atoms with Crippen LogP contribution in [-0.2, 0) is 0 Å². The number of hydrogen-bond acceptors (Lipinski definition) is 3. The van der Waals surface area contributed by atoms with Crippen molar-refractivity contribution in [1.82, 2.24) is 4.98 Å². The lowest BCUT2D eigenvalue weighted by Gasteiger charge is -2.13. The molecule has 0 spiro atoms. The molecule has 29 heavy (non-hydrogen) atoms. The van der Waals surface area contributed by atoms with E-state index in [0.29, 0.717) is 21.5 Å². The number of rotatable bonds is 4. The van der Waals surface area contributed by atoms with Gasteiger partial charge in [-0.15, -0.1) is 0 Å². The molecule has 3 aromatic carbocycles. The van der Waals surface area contributed by atoms with E-state index >= 15 is 0 Å². The van der Waals surface area contributed by atoms with Crippen LogP contribution in [0.2, 0.25) is 10.0 Å². The molecule has 0 aliphatic rings. The summed E-state index contributed by atoms with van der Waals surface area (Å²) in [5.41, 5.74) is 4.48. The molecule has 0 aliphatic heterocycles. The van der Waals surface area contributed by atoms with Crippen molar-refractivity contribution in [3.05, 3.63) is 76.8 Å². The van der Waals surface area contributed by atoms with Crippen LogP contribution in [0.25, 0.3) is 33.3 Å². The number of nitrogens with zero attached hydrogens (tertiary/aromatic N) is 1. The molecule has 1 aromatic heterocycles. The highest BCUT2D eigenvalue weighted by molar-refractivity contribution is 6.34. The molecule has 0 saturated carbocycles. The Bertz CT molecular complexity index is 1180. The Morgan fingerprint density at radius 1 is 0.759 bits per heavy atom. The third kappa shape index (κ3) is 4.13. The van der Waals surface area contributed by atoms with Gasteiger partial charge < -0.3 is 21.9 Å². The van der Waals surface area contributed by atoms with Crippen molar-refractivity contribution >= 4 is 34.1 Å². The van der Waals surface area contributed by atoms with Gasteiger partial charge in [-0.25, -0.2) is 4.98 Å². The number of methoxy groups -OCH3 is 2. The third-order valence-electron chi connectivity index (χ3n) is 4.61. The first kappa shape index (κ1) is 21.3. The van der Waals surface area contributed by atoms with Gasteiger partial charge in [0.1, 0.15) is 0 Å². The molecule has 6 heteroatoms. The summed E-state index contributed by atoms with van der Waals surface area (Å²) in [5, 5.41) is 2.28. The van der Waals surface area contributed by atoms with E-state index in [1.807, 2.05) is 66.7 Å². The van der Waals surface area contributed by atoms with Crippen LogP contribution in [0.3, 0.4) is 0 Å². The molecular formula is C23H17Cl3NO2-. The normalized spacial score (nSPS) is 10.5. The average Bonchev–Trinajstić information content (AvgIpc) is 2.73. The summed E-state index contributed by atoms with van der Waals surface area (Å²) >= 11 is 12.8. The van der Waals surface area contributed by atoms with Crippen molar-refractivity contribution in [3.8, 4) is 33.9 Å². The van der Waals surface area contributed by atoms with Crippen molar-refractivity contribution in [2.24, 2.45) is 0 Å². The van der Waals surface area contributed by atoms with E-state index in [4.69, 9.17) is 37.7 Å². The van der Waals surface area contributed by atoms with Crippen LogP contribution in [0.5, 0.6) is 11.5 Å². The Balaban J connectivity index is 0.00000240. The summed E-state index contributed by atoms with van der Waals surface area (Å²) in [4.78, 5) is 4.84. The van der Waals surface area contributed by atoms with Crippen molar-refractivity contribution in [2.75, 3.05) is 14.2 Å². The molecule has 0 aliphatic carbocycles. The van der Waals surface area contributed by atoms with E-state index in [-0.39, 0.29) is 12.4 Å². The molecule has 0 atom stereocenters. The van der Waals surface area contributed by atoms with Gasteiger partial charge in [-0.05, 0) is 54.1 Å². The fourth-order valence-electron chi connectivity index (χ4n) is 3.24. The smallest absolute Gasteiger partial charge is 0.161 e. The highest BCUT2D eigenvalue weighted by Crippen LogP contribution is 2.38. The van der Waals surface area contributed by atoms with Crippen LogP contribution in [0.15, 0.2) is 66.7 Å². The second-order valence-electron chi connectivity index (χ2n) is 6.27. The molecule has 4 rings (SSSR count). The lowest BCUT2D eigenvalue weighted by Crippen LogP contribution is -3.00. The van der Waals surface area contributed by atoms with Gasteiger partial charge in [0, 0.05) is 26.6 Å². The Kier molecular flexibility index (Phi) is 6.53. The molecule has 148 valence electrons. The van der Waals surface area contributed by atoms with E-state index in [9.17, 15) is 0 Å². The van der Waals surface area contributed by atoms with Gasteiger partial charge in [-0.3, -0.25) is 0 Å². The summed E-state index contributed by atoms with van der Waals surface area (Å²) in [6, 6.07) is 21.2. The fourth-order valence-corrected chi connectivity index (χ4v) is 3.65. The van der Waals surface area contributed by atoms with Crippen LogP contribution >= 0.6 is 23.2 Å². The second kappa shape index (κ2) is 8.91. The third-order valence-corrected chi connectivity index (χ3v) is 5.18. The largest absolute Gasteiger partial charge is 1.00 e. The Labute approximate surface area is 185 Å². The van der Waals surface area contributed by atoms with Crippen molar-refractivity contribution in [2.45, 2.75) is 0 Å². The summed E-state index contributed by atoms with van der Waals surface area (Å²) < 4.78 is 10.8. The van der Waals surface area contributed by atoms with Crippen LogP contribution in [0, 0.1) is 0 Å². The van der Waals surface area contributed by atoms with Gasteiger partial charge >= 0.3 is 0 Å². The first-order chi connectivity index (χ1) is 13.6. The Hall–Kier alpha value is -2.46. The number of ether oxygens (including phenoxy) is 2. The topological polar surface area (TPSA) is 31.4 Å². The van der Waals surface area contributed by atoms with Crippen LogP contribution < -0.4 is 21.9 Å². The molecule has 0 N–H and O–H groups in total. The zero-order chi connectivity index (χ0) is 19.7. The first-order valence-electron chi connectivity index (χ1n) is 8.68. The predicted molar refractivity (Wildman–Crippen MR) is 116 cm³/mol. The highest BCUT2D eigenvalue weighted by Gasteiger charge is 2.14. The van der Waals surface area contributed by atoms with E-state index in [2.05, 4.69) is 0 Å². The summed E-state index contributed by atoms with van der Waals surface area (Å²) in [7, 11) is 3.23. The van der Waals surface area contributed by atoms with Gasteiger partial charge in [0.15, 0.2) is 11.5 Å². The molecule has 4 aromatic rings. The maximum absolute atomic E-state index is 6.49. The number of pyridine rings is 1. The molecule has 0 unspecified atom stereocenters. The van der Waals surface area contributed by atoms with Crippen LogP contribution in [0.4, 0.5) is 0 Å². The highest BCUT2D eigenvalue weighted by atomic mass is 35.5. The molecule has 0 saturated heterocycles. The lowest BCUT2D eigenvalue weighted by atomic mass is 9.98. The van der Waals surface area contributed by atoms with E-state index < -0.39 is 0 Å². The molecule has 0 amide bonds. The molecular weight excluding hydrogens is 429 g/mol. The van der Waals surface area contributed by atoms with Crippen LogP contribution in [0.1, 0.15) is 0 Å². The number of halogens is 3. The molecule has 0 fully saturated rings. The monoisotopic (exact) mass is 444 g/mol. The summed E-state index contributed by atoms with van der Waals surface area (Å²) in [6.07, 6.45) is 0. The number of hydrogen-bond donors (Lipinski definition) is 0. The van der Waals surface area contributed by atoms with E-state index in [1.165, 1.54) is 0 Å². The van der Waals surface area contributed by atoms with Gasteiger partial charge in [0.05, 0.1) is 25.4 Å². The maximum atomic E-state index is 6.49. The second-order valence-corrected chi connectivity index (χ2v) is 7.11.